The molecule has 1 aliphatic carbocycles. The van der Waals surface area contributed by atoms with Crippen LogP contribution < -0.4 is 14.8 Å². The zero-order valence-electron chi connectivity index (χ0n) is 24.3. The van der Waals surface area contributed by atoms with Crippen molar-refractivity contribution in [3.63, 3.8) is 0 Å². The number of hydrogen-bond donors (Lipinski definition) is 1. The lowest BCUT2D eigenvalue weighted by atomic mass is 10.0. The average Bonchev–Trinajstić information content (AvgIpc) is 3.47. The van der Waals surface area contributed by atoms with E-state index in [1.807, 2.05) is 36.9 Å². The molecular weight excluding hydrogens is 510 g/mol. The second-order valence-corrected chi connectivity index (χ2v) is 11.0. The first-order valence-electron chi connectivity index (χ1n) is 15.0. The number of amides is 1. The van der Waals surface area contributed by atoms with Gasteiger partial charge in [0.05, 0.1) is 12.7 Å². The Kier molecular flexibility index (Phi) is 11.3. The van der Waals surface area contributed by atoms with E-state index < -0.39 is 6.16 Å². The van der Waals surface area contributed by atoms with Gasteiger partial charge in [0, 0.05) is 30.1 Å². The van der Waals surface area contributed by atoms with E-state index in [1.165, 1.54) is 0 Å². The molecule has 9 heteroatoms. The van der Waals surface area contributed by atoms with Crippen molar-refractivity contribution in [2.45, 2.75) is 96.7 Å². The van der Waals surface area contributed by atoms with E-state index in [0.29, 0.717) is 29.3 Å². The predicted molar refractivity (Wildman–Crippen MR) is 154 cm³/mol. The van der Waals surface area contributed by atoms with E-state index >= 15 is 0 Å². The van der Waals surface area contributed by atoms with E-state index in [1.54, 1.807) is 6.07 Å². The van der Waals surface area contributed by atoms with E-state index in [9.17, 15) is 9.59 Å². The molecule has 9 nitrogen and oxygen atoms in total. The van der Waals surface area contributed by atoms with Crippen LogP contribution in [0.2, 0.25) is 0 Å². The lowest BCUT2D eigenvalue weighted by Gasteiger charge is -2.37. The molecule has 4 rings (SSSR count). The van der Waals surface area contributed by atoms with Crippen LogP contribution >= 0.6 is 0 Å². The van der Waals surface area contributed by atoms with Gasteiger partial charge in [-0.2, -0.15) is 0 Å². The topological polar surface area (TPSA) is 99.2 Å². The lowest BCUT2D eigenvalue weighted by molar-refractivity contribution is 0.0453. The number of unbranched alkanes of at least 4 members (excludes halogenated alkanes) is 2. The number of nitrogens with zero attached hydrogens (tertiary/aromatic N) is 2. The zero-order valence-corrected chi connectivity index (χ0v) is 24.3. The van der Waals surface area contributed by atoms with Crippen molar-refractivity contribution in [2.75, 3.05) is 32.9 Å². The smallest absolute Gasteiger partial charge is 0.489 e. The third-order valence-corrected chi connectivity index (χ3v) is 7.56. The molecule has 1 amide bonds. The molecule has 40 heavy (non-hydrogen) atoms. The third-order valence-electron chi connectivity index (χ3n) is 7.56. The number of benzene rings is 1. The second-order valence-electron chi connectivity index (χ2n) is 11.0. The van der Waals surface area contributed by atoms with Crippen LogP contribution in [0.15, 0.2) is 24.3 Å². The number of para-hydroxylation sites is 1. The summed E-state index contributed by atoms with van der Waals surface area (Å²) >= 11 is 0. The standard InChI is InChI=1S/C31H45N3O6/c1-4-5-8-17-38-31(36)39-19-18-37-28-20-26(30(35)34(22(2)3)23-11-10-16-32-21-23)33-29-25(28)14-9-15-27(29)40-24-12-6-7-13-24/h9,14-15,20,22-24,32H,4-8,10-13,16-19,21H2,1-3H3/t23-/m1/s1. The quantitative estimate of drug-likeness (QED) is 0.242. The Morgan fingerprint density at radius 1 is 1.02 bits per heavy atom. The van der Waals surface area contributed by atoms with Gasteiger partial charge in [-0.3, -0.25) is 4.79 Å². The largest absolute Gasteiger partial charge is 0.508 e. The molecule has 0 bridgehead atoms. The molecule has 220 valence electrons. The number of nitrogens with one attached hydrogen (secondary N) is 1. The van der Waals surface area contributed by atoms with Crippen LogP contribution in [-0.4, -0.2) is 73.0 Å². The summed E-state index contributed by atoms with van der Waals surface area (Å²) in [4.78, 5) is 32.6. The number of hydrogen-bond acceptors (Lipinski definition) is 8. The highest BCUT2D eigenvalue weighted by atomic mass is 16.7. The van der Waals surface area contributed by atoms with Crippen LogP contribution in [0, 0.1) is 0 Å². The fourth-order valence-corrected chi connectivity index (χ4v) is 5.55. The fourth-order valence-electron chi connectivity index (χ4n) is 5.55. The molecule has 1 saturated carbocycles. The normalized spacial score (nSPS) is 17.6. The van der Waals surface area contributed by atoms with Gasteiger partial charge >= 0.3 is 6.16 Å². The van der Waals surface area contributed by atoms with Gasteiger partial charge in [-0.05, 0) is 77.5 Å². The Hall–Kier alpha value is -3.07. The van der Waals surface area contributed by atoms with E-state index in [-0.39, 0.29) is 37.3 Å². The Morgan fingerprint density at radius 3 is 2.55 bits per heavy atom. The number of piperidine rings is 1. The average molecular weight is 556 g/mol. The van der Waals surface area contributed by atoms with Crippen molar-refractivity contribution in [3.8, 4) is 11.5 Å². The summed E-state index contributed by atoms with van der Waals surface area (Å²) in [6.45, 7) is 8.41. The molecule has 2 aromatic rings. The summed E-state index contributed by atoms with van der Waals surface area (Å²) < 4.78 is 22.8. The van der Waals surface area contributed by atoms with Gasteiger partial charge in [0.25, 0.3) is 5.91 Å². The first-order chi connectivity index (χ1) is 19.5. The molecule has 1 atom stereocenters. The molecule has 0 unspecified atom stereocenters. The van der Waals surface area contributed by atoms with Gasteiger partial charge in [-0.1, -0.05) is 25.8 Å². The van der Waals surface area contributed by atoms with Gasteiger partial charge in [0.1, 0.15) is 35.9 Å². The summed E-state index contributed by atoms with van der Waals surface area (Å²) in [6.07, 6.45) is 8.64. The van der Waals surface area contributed by atoms with Crippen LogP contribution in [0.5, 0.6) is 11.5 Å². The molecule has 0 spiro atoms. The van der Waals surface area contributed by atoms with Crippen LogP contribution in [0.25, 0.3) is 10.9 Å². The first-order valence-corrected chi connectivity index (χ1v) is 15.0. The van der Waals surface area contributed by atoms with Gasteiger partial charge in [0.15, 0.2) is 0 Å². The van der Waals surface area contributed by atoms with E-state index in [4.69, 9.17) is 23.9 Å². The number of rotatable bonds is 13. The predicted octanol–water partition coefficient (Wildman–Crippen LogP) is 5.88. The maximum Gasteiger partial charge on any atom is 0.508 e. The summed E-state index contributed by atoms with van der Waals surface area (Å²) in [5.41, 5.74) is 0.928. The van der Waals surface area contributed by atoms with Crippen LogP contribution in [0.3, 0.4) is 0 Å². The van der Waals surface area contributed by atoms with Gasteiger partial charge in [-0.15, -0.1) is 0 Å². The van der Waals surface area contributed by atoms with Crippen molar-refractivity contribution < 1.29 is 28.5 Å². The molecule has 0 radical (unpaired) electrons. The molecule has 1 saturated heterocycles. The second kappa shape index (κ2) is 15.1. The van der Waals surface area contributed by atoms with Gasteiger partial charge in [0.2, 0.25) is 0 Å². The van der Waals surface area contributed by atoms with Crippen LogP contribution in [-0.2, 0) is 9.47 Å². The summed E-state index contributed by atoms with van der Waals surface area (Å²) in [5.74, 6) is 1.04. The minimum absolute atomic E-state index is 0.0148. The minimum atomic E-state index is -0.698. The van der Waals surface area contributed by atoms with Crippen LogP contribution in [0.1, 0.15) is 89.0 Å². The van der Waals surface area contributed by atoms with Crippen LogP contribution in [0.4, 0.5) is 4.79 Å². The van der Waals surface area contributed by atoms with Gasteiger partial charge < -0.3 is 29.2 Å². The molecule has 1 aromatic heterocycles. The highest BCUT2D eigenvalue weighted by molar-refractivity contribution is 5.98. The molecule has 2 aliphatic rings. The lowest BCUT2D eigenvalue weighted by Crippen LogP contribution is -2.51. The zero-order chi connectivity index (χ0) is 28.3. The molecule has 2 heterocycles. The van der Waals surface area contributed by atoms with Crippen molar-refractivity contribution in [1.29, 1.82) is 0 Å². The monoisotopic (exact) mass is 555 g/mol. The highest BCUT2D eigenvalue weighted by Gasteiger charge is 2.30. The number of carbonyl (C=O) groups is 2. The minimum Gasteiger partial charge on any atom is -0.489 e. The first kappa shape index (κ1) is 29.9. The molecule has 1 aromatic carbocycles. The van der Waals surface area contributed by atoms with Crippen molar-refractivity contribution in [2.24, 2.45) is 0 Å². The summed E-state index contributed by atoms with van der Waals surface area (Å²) in [5, 5.41) is 4.17. The maximum absolute atomic E-state index is 14.0. The summed E-state index contributed by atoms with van der Waals surface area (Å²) in [6, 6.07) is 7.57. The van der Waals surface area contributed by atoms with Crippen molar-refractivity contribution in [1.82, 2.24) is 15.2 Å². The SMILES string of the molecule is CCCCCOC(=O)OCCOc1cc(C(=O)N(C(C)C)[C@@H]2CCCNC2)nc2c(OC3CCCC3)cccc12. The molecule has 2 fully saturated rings. The number of fused-ring (bicyclic) bond motifs is 1. The number of aromatic nitrogens is 1. The molecular formula is C31H45N3O6. The fraction of sp³-hybridized carbons (Fsp3) is 0.645. The Labute approximate surface area is 237 Å². The molecule has 1 aliphatic heterocycles. The Morgan fingerprint density at radius 2 is 1.82 bits per heavy atom. The number of carbonyl (C=O) groups excluding carboxylic acids is 2. The van der Waals surface area contributed by atoms with Crippen molar-refractivity contribution >= 4 is 23.0 Å². The number of pyridine rings is 1. The Bertz CT molecular complexity index is 1110. The van der Waals surface area contributed by atoms with E-state index in [0.717, 1.165) is 76.3 Å². The highest BCUT2D eigenvalue weighted by Crippen LogP contribution is 2.35. The summed E-state index contributed by atoms with van der Waals surface area (Å²) in [7, 11) is 0. The van der Waals surface area contributed by atoms with Crippen molar-refractivity contribution in [3.05, 3.63) is 30.0 Å². The Balaban J connectivity index is 1.56. The maximum atomic E-state index is 14.0. The molecule has 1 N–H and O–H groups in total. The third kappa shape index (κ3) is 7.99. The number of ether oxygens (including phenoxy) is 4. The van der Waals surface area contributed by atoms with E-state index in [2.05, 4.69) is 12.2 Å². The van der Waals surface area contributed by atoms with Gasteiger partial charge in [-0.25, -0.2) is 9.78 Å².